The van der Waals surface area contributed by atoms with E-state index in [-0.39, 0.29) is 24.9 Å². The minimum atomic E-state index is -1.81. The minimum absolute atomic E-state index is 0.0676. The number of carbonyl (C=O) groups excluding carboxylic acids is 1. The van der Waals surface area contributed by atoms with Crippen molar-refractivity contribution in [3.63, 3.8) is 0 Å². The number of likely N-dealkylation sites (tertiary alicyclic amines) is 1. The van der Waals surface area contributed by atoms with Crippen LogP contribution in [-0.2, 0) is 5.67 Å². The number of nitrogens with zero attached hydrogens (tertiary/aromatic N) is 3. The van der Waals surface area contributed by atoms with Crippen molar-refractivity contribution in [2.75, 3.05) is 25.5 Å². The molecule has 1 N–H and O–H groups in total. The number of halogens is 1. The Morgan fingerprint density at radius 2 is 2.17 bits per heavy atom. The van der Waals surface area contributed by atoms with Crippen molar-refractivity contribution in [3.8, 4) is 5.75 Å². The fourth-order valence-corrected chi connectivity index (χ4v) is 2.71. The highest BCUT2D eigenvalue weighted by atomic mass is 19.1. The Hall–Kier alpha value is -2.64. The topological polar surface area (TPSA) is 80.5 Å². The van der Waals surface area contributed by atoms with Crippen LogP contribution in [0.15, 0.2) is 28.8 Å². The van der Waals surface area contributed by atoms with E-state index in [4.69, 9.17) is 9.26 Å². The van der Waals surface area contributed by atoms with Gasteiger partial charge in [0.1, 0.15) is 5.75 Å². The molecule has 1 aliphatic heterocycles. The van der Waals surface area contributed by atoms with Gasteiger partial charge >= 0.3 is 6.03 Å². The highest BCUT2D eigenvalue weighted by Crippen LogP contribution is 2.34. The first-order chi connectivity index (χ1) is 11.5. The predicted octanol–water partition coefficient (Wildman–Crippen LogP) is 2.88. The molecule has 1 saturated heterocycles. The number of rotatable bonds is 3. The maximum atomic E-state index is 15.1. The molecule has 0 bridgehead atoms. The summed E-state index contributed by atoms with van der Waals surface area (Å²) in [7, 11) is 1.57. The third-order valence-corrected chi connectivity index (χ3v) is 3.98. The van der Waals surface area contributed by atoms with E-state index in [0.29, 0.717) is 30.2 Å². The molecule has 1 atom stereocenters. The monoisotopic (exact) mass is 334 g/mol. The van der Waals surface area contributed by atoms with Crippen LogP contribution in [0.25, 0.3) is 0 Å². The highest BCUT2D eigenvalue weighted by molar-refractivity contribution is 5.89. The number of urea groups is 1. The van der Waals surface area contributed by atoms with Crippen molar-refractivity contribution in [2.45, 2.75) is 25.4 Å². The molecule has 1 aromatic carbocycles. The number of benzene rings is 1. The smallest absolute Gasteiger partial charge is 0.321 e. The third-order valence-electron chi connectivity index (χ3n) is 3.98. The van der Waals surface area contributed by atoms with Crippen molar-refractivity contribution in [1.29, 1.82) is 0 Å². The number of carbonyl (C=O) groups is 1. The Morgan fingerprint density at radius 1 is 1.42 bits per heavy atom. The number of methoxy groups -OCH3 is 1. The van der Waals surface area contributed by atoms with Gasteiger partial charge in [0.15, 0.2) is 5.82 Å². The van der Waals surface area contributed by atoms with E-state index in [1.165, 1.54) is 4.90 Å². The molecule has 3 rings (SSSR count). The molecule has 2 amide bonds. The fourth-order valence-electron chi connectivity index (χ4n) is 2.71. The zero-order valence-corrected chi connectivity index (χ0v) is 13.6. The molecule has 1 aromatic heterocycles. The van der Waals surface area contributed by atoms with Crippen LogP contribution in [-0.4, -0.2) is 41.3 Å². The van der Waals surface area contributed by atoms with E-state index >= 15 is 4.39 Å². The van der Waals surface area contributed by atoms with Crippen molar-refractivity contribution >= 4 is 11.7 Å². The summed E-state index contributed by atoms with van der Waals surface area (Å²) in [4.78, 5) is 17.8. The zero-order valence-electron chi connectivity index (χ0n) is 13.6. The standard InChI is InChI=1S/C16H19FN4O3/c1-11-18-14(24-20-11)16(17)8-3-9-21(10-16)15(22)19-12-4-6-13(23-2)7-5-12/h4-7H,3,8-10H2,1-2H3,(H,19,22). The maximum Gasteiger partial charge on any atom is 0.321 e. The van der Waals surface area contributed by atoms with Gasteiger partial charge in [0.2, 0.25) is 5.67 Å². The Labute approximate surface area is 138 Å². The van der Waals surface area contributed by atoms with Crippen molar-refractivity contribution in [1.82, 2.24) is 15.0 Å². The Kier molecular flexibility index (Phi) is 4.37. The molecule has 24 heavy (non-hydrogen) atoms. The number of ether oxygens (including phenoxy) is 1. The molecule has 0 radical (unpaired) electrons. The molecule has 8 heteroatoms. The molecule has 0 saturated carbocycles. The van der Waals surface area contributed by atoms with Gasteiger partial charge in [-0.3, -0.25) is 0 Å². The SMILES string of the molecule is COc1ccc(NC(=O)N2CCCC(F)(c3nc(C)no3)C2)cc1. The van der Waals surface area contributed by atoms with Gasteiger partial charge in [0.25, 0.3) is 5.89 Å². The third kappa shape index (κ3) is 3.32. The summed E-state index contributed by atoms with van der Waals surface area (Å²) in [5.41, 5.74) is -1.19. The van der Waals surface area contributed by atoms with Crippen LogP contribution in [0.4, 0.5) is 14.9 Å². The summed E-state index contributed by atoms with van der Waals surface area (Å²) >= 11 is 0. The largest absolute Gasteiger partial charge is 0.497 e. The first-order valence-corrected chi connectivity index (χ1v) is 7.70. The van der Waals surface area contributed by atoms with Crippen LogP contribution in [0.5, 0.6) is 5.75 Å². The predicted molar refractivity (Wildman–Crippen MR) is 84.6 cm³/mol. The molecule has 0 aliphatic carbocycles. The van der Waals surface area contributed by atoms with Crippen molar-refractivity contribution < 1.29 is 18.4 Å². The molecule has 1 fully saturated rings. The summed E-state index contributed by atoms with van der Waals surface area (Å²) in [6.07, 6.45) is 0.773. The van der Waals surface area contributed by atoms with E-state index in [1.807, 2.05) is 0 Å². The number of nitrogens with one attached hydrogen (secondary N) is 1. The number of amides is 2. The molecule has 2 aromatic rings. The molecular formula is C16H19FN4O3. The quantitative estimate of drug-likeness (QED) is 0.933. The van der Waals surface area contributed by atoms with Gasteiger partial charge in [-0.2, -0.15) is 4.98 Å². The van der Waals surface area contributed by atoms with E-state index in [2.05, 4.69) is 15.5 Å². The molecule has 1 unspecified atom stereocenters. The fraction of sp³-hybridized carbons (Fsp3) is 0.438. The lowest BCUT2D eigenvalue weighted by molar-refractivity contribution is 0.0333. The van der Waals surface area contributed by atoms with Crippen LogP contribution >= 0.6 is 0 Å². The summed E-state index contributed by atoms with van der Waals surface area (Å²) in [6, 6.07) is 6.58. The summed E-state index contributed by atoms with van der Waals surface area (Å²) in [5.74, 6) is 1.00. The second-order valence-electron chi connectivity index (χ2n) is 5.80. The van der Waals surface area contributed by atoms with Crippen molar-refractivity contribution in [2.24, 2.45) is 0 Å². The van der Waals surface area contributed by atoms with Crippen molar-refractivity contribution in [3.05, 3.63) is 36.0 Å². The zero-order chi connectivity index (χ0) is 17.2. The first-order valence-electron chi connectivity index (χ1n) is 7.70. The Bertz CT molecular complexity index is 718. The van der Waals surface area contributed by atoms with Gasteiger partial charge in [0, 0.05) is 12.2 Å². The number of alkyl halides is 1. The van der Waals surface area contributed by atoms with Crippen LogP contribution in [0.2, 0.25) is 0 Å². The summed E-state index contributed by atoms with van der Waals surface area (Å²) in [5, 5.41) is 6.39. The first kappa shape index (κ1) is 16.2. The van der Waals surface area contributed by atoms with Gasteiger partial charge in [-0.25, -0.2) is 9.18 Å². The van der Waals surface area contributed by atoms with Crippen LogP contribution in [0.3, 0.4) is 0 Å². The maximum absolute atomic E-state index is 15.1. The van der Waals surface area contributed by atoms with Crippen LogP contribution < -0.4 is 10.1 Å². The Morgan fingerprint density at radius 3 is 2.79 bits per heavy atom. The molecule has 128 valence electrons. The van der Waals surface area contributed by atoms with Gasteiger partial charge in [-0.15, -0.1) is 0 Å². The average Bonchev–Trinajstić information content (AvgIpc) is 3.03. The van der Waals surface area contributed by atoms with E-state index in [1.54, 1.807) is 38.3 Å². The van der Waals surface area contributed by atoms with Gasteiger partial charge < -0.3 is 19.5 Å². The molecule has 2 heterocycles. The number of hydrogen-bond acceptors (Lipinski definition) is 5. The molecule has 1 aliphatic rings. The number of aryl methyl sites for hydroxylation is 1. The normalized spacial score (nSPS) is 20.7. The molecule has 0 spiro atoms. The lowest BCUT2D eigenvalue weighted by Crippen LogP contribution is -2.48. The number of piperidine rings is 1. The molecular weight excluding hydrogens is 315 g/mol. The lowest BCUT2D eigenvalue weighted by atomic mass is 9.95. The van der Waals surface area contributed by atoms with Crippen LogP contribution in [0.1, 0.15) is 24.6 Å². The number of anilines is 1. The summed E-state index contributed by atoms with van der Waals surface area (Å²) in [6.45, 7) is 1.99. The average molecular weight is 334 g/mol. The highest BCUT2D eigenvalue weighted by Gasteiger charge is 2.43. The molecule has 7 nitrogen and oxygen atoms in total. The number of aromatic nitrogens is 2. The van der Waals surface area contributed by atoms with Crippen LogP contribution in [0, 0.1) is 6.92 Å². The van der Waals surface area contributed by atoms with E-state index in [9.17, 15) is 4.79 Å². The second-order valence-corrected chi connectivity index (χ2v) is 5.80. The van der Waals surface area contributed by atoms with E-state index in [0.717, 1.165) is 0 Å². The minimum Gasteiger partial charge on any atom is -0.497 e. The summed E-state index contributed by atoms with van der Waals surface area (Å²) < 4.78 is 25.2. The van der Waals surface area contributed by atoms with Gasteiger partial charge in [-0.1, -0.05) is 5.16 Å². The Balaban J connectivity index is 1.68. The number of hydrogen-bond donors (Lipinski definition) is 1. The van der Waals surface area contributed by atoms with E-state index < -0.39 is 5.67 Å². The van der Waals surface area contributed by atoms with Gasteiger partial charge in [0.05, 0.1) is 13.7 Å². The van der Waals surface area contributed by atoms with Gasteiger partial charge in [-0.05, 0) is 44.0 Å². The lowest BCUT2D eigenvalue weighted by Gasteiger charge is -2.35. The second kappa shape index (κ2) is 6.46.